The van der Waals surface area contributed by atoms with Crippen molar-refractivity contribution >= 4 is 11.8 Å². The van der Waals surface area contributed by atoms with E-state index in [2.05, 4.69) is 17.1 Å². The van der Waals surface area contributed by atoms with Crippen LogP contribution in [-0.2, 0) is 22.3 Å². The predicted octanol–water partition coefficient (Wildman–Crippen LogP) is 5.47. The third-order valence-corrected chi connectivity index (χ3v) is 7.45. The number of piperidine rings is 1. The van der Waals surface area contributed by atoms with Gasteiger partial charge in [-0.3, -0.25) is 14.5 Å². The second kappa shape index (κ2) is 10.9. The number of hydrogen-bond acceptors (Lipinski definition) is 4. The molecule has 1 aromatic heterocycles. The van der Waals surface area contributed by atoms with Crippen molar-refractivity contribution in [2.24, 2.45) is 5.92 Å². The van der Waals surface area contributed by atoms with Crippen molar-refractivity contribution in [1.29, 1.82) is 0 Å². The van der Waals surface area contributed by atoms with E-state index in [1.54, 1.807) is 18.2 Å². The zero-order valence-corrected chi connectivity index (χ0v) is 21.7. The monoisotopic (exact) mass is 519 g/mol. The number of rotatable bonds is 8. The number of benzene rings is 1. The summed E-state index contributed by atoms with van der Waals surface area (Å²) in [6.07, 6.45) is -0.934. The van der Waals surface area contributed by atoms with E-state index < -0.39 is 23.3 Å². The van der Waals surface area contributed by atoms with Crippen LogP contribution in [0.1, 0.15) is 64.2 Å². The molecular weight excluding hydrogens is 483 g/mol. The van der Waals surface area contributed by atoms with Crippen LogP contribution in [0.4, 0.5) is 13.2 Å². The van der Waals surface area contributed by atoms with Crippen molar-refractivity contribution in [3.8, 4) is 11.3 Å². The Balaban J connectivity index is 1.43. The van der Waals surface area contributed by atoms with Gasteiger partial charge in [0.1, 0.15) is 23.1 Å². The molecule has 0 saturated carbocycles. The Bertz CT molecular complexity index is 1100. The summed E-state index contributed by atoms with van der Waals surface area (Å²) in [6.45, 7) is 8.45. The van der Waals surface area contributed by atoms with Gasteiger partial charge in [0, 0.05) is 25.2 Å². The summed E-state index contributed by atoms with van der Waals surface area (Å²) < 4.78 is 45.1. The van der Waals surface area contributed by atoms with Gasteiger partial charge in [-0.1, -0.05) is 39.3 Å². The minimum absolute atomic E-state index is 0.0203. The largest absolute Gasteiger partial charge is 0.460 e. The molecule has 1 N–H and O–H groups in total. The molecule has 0 bridgehead atoms. The van der Waals surface area contributed by atoms with Crippen LogP contribution in [0.2, 0.25) is 0 Å². The van der Waals surface area contributed by atoms with E-state index in [1.165, 1.54) is 6.07 Å². The Labute approximate surface area is 216 Å². The van der Waals surface area contributed by atoms with Crippen molar-refractivity contribution < 1.29 is 27.2 Å². The number of carbonyl (C=O) groups excluding carboxylic acids is 2. The maximum Gasteiger partial charge on any atom is 0.416 e. The van der Waals surface area contributed by atoms with E-state index >= 15 is 0 Å². The van der Waals surface area contributed by atoms with E-state index in [1.807, 2.05) is 18.7 Å². The van der Waals surface area contributed by atoms with Crippen LogP contribution in [0.15, 0.2) is 40.8 Å². The number of hydrogen-bond donors (Lipinski definition) is 1. The summed E-state index contributed by atoms with van der Waals surface area (Å²) in [5.41, 5.74) is -1.17. The molecule has 37 heavy (non-hydrogen) atoms. The molecule has 3 heterocycles. The first-order valence-electron chi connectivity index (χ1n) is 13.1. The highest BCUT2D eigenvalue weighted by atomic mass is 19.4. The number of furan rings is 1. The number of nitrogens with one attached hydrogen (secondary N) is 1. The molecule has 2 saturated heterocycles. The van der Waals surface area contributed by atoms with Gasteiger partial charge in [0.2, 0.25) is 11.8 Å². The fraction of sp³-hybridized carbons (Fsp3) is 0.571. The van der Waals surface area contributed by atoms with Crippen LogP contribution < -0.4 is 5.32 Å². The molecule has 1 atom stereocenters. The highest BCUT2D eigenvalue weighted by molar-refractivity contribution is 6.00. The van der Waals surface area contributed by atoms with Crippen molar-refractivity contribution in [2.45, 2.75) is 77.2 Å². The highest BCUT2D eigenvalue weighted by Gasteiger charge is 2.53. The van der Waals surface area contributed by atoms with Gasteiger partial charge in [-0.05, 0) is 55.9 Å². The second-order valence-corrected chi connectivity index (χ2v) is 10.7. The smallest absolute Gasteiger partial charge is 0.416 e. The van der Waals surface area contributed by atoms with E-state index in [-0.39, 0.29) is 11.8 Å². The molecule has 1 spiro atoms. The minimum atomic E-state index is -4.41. The van der Waals surface area contributed by atoms with E-state index in [0.717, 1.165) is 25.0 Å². The second-order valence-electron chi connectivity index (χ2n) is 10.7. The van der Waals surface area contributed by atoms with E-state index in [4.69, 9.17) is 4.42 Å². The molecule has 2 aromatic rings. The zero-order chi connectivity index (χ0) is 26.8. The Hall–Kier alpha value is -2.81. The number of piperazine rings is 1. The summed E-state index contributed by atoms with van der Waals surface area (Å²) in [5.74, 6) is 1.29. The van der Waals surface area contributed by atoms with Gasteiger partial charge in [0.15, 0.2) is 0 Å². The summed E-state index contributed by atoms with van der Waals surface area (Å²) in [5, 5.41) is 3.02. The predicted molar refractivity (Wildman–Crippen MR) is 134 cm³/mol. The highest BCUT2D eigenvalue weighted by Crippen LogP contribution is 2.36. The first-order chi connectivity index (χ1) is 17.5. The van der Waals surface area contributed by atoms with Crippen molar-refractivity contribution in [2.75, 3.05) is 19.6 Å². The molecule has 202 valence electrons. The molecule has 2 fully saturated rings. The lowest BCUT2D eigenvalue weighted by Gasteiger charge is -2.51. The zero-order valence-electron chi connectivity index (χ0n) is 21.7. The lowest BCUT2D eigenvalue weighted by molar-refractivity contribution is -0.161. The maximum atomic E-state index is 13.4. The number of unbranched alkanes of at least 4 members (excludes halogenated alkanes) is 1. The number of amides is 2. The number of carbonyl (C=O) groups is 2. The Morgan fingerprint density at radius 3 is 2.51 bits per heavy atom. The average Bonchev–Trinajstić information content (AvgIpc) is 3.32. The molecule has 0 aliphatic carbocycles. The molecule has 6 nitrogen and oxygen atoms in total. The van der Waals surface area contributed by atoms with Crippen LogP contribution in [0.25, 0.3) is 11.3 Å². The Kier molecular flexibility index (Phi) is 8.02. The van der Waals surface area contributed by atoms with Crippen molar-refractivity contribution in [1.82, 2.24) is 15.1 Å². The third kappa shape index (κ3) is 5.87. The first-order valence-corrected chi connectivity index (χ1v) is 13.1. The molecule has 2 aliphatic heterocycles. The number of alkyl halides is 3. The fourth-order valence-corrected chi connectivity index (χ4v) is 5.41. The Morgan fingerprint density at radius 2 is 1.86 bits per heavy atom. The molecule has 1 unspecified atom stereocenters. The summed E-state index contributed by atoms with van der Waals surface area (Å²) in [4.78, 5) is 30.8. The molecule has 2 amide bonds. The van der Waals surface area contributed by atoms with Crippen LogP contribution in [0.3, 0.4) is 0 Å². The van der Waals surface area contributed by atoms with Crippen LogP contribution in [-0.4, -0.2) is 52.8 Å². The first kappa shape index (κ1) is 27.2. The lowest BCUT2D eigenvalue weighted by Crippen LogP contribution is -2.73. The summed E-state index contributed by atoms with van der Waals surface area (Å²) >= 11 is 0. The van der Waals surface area contributed by atoms with E-state index in [0.29, 0.717) is 68.4 Å². The number of halogens is 3. The molecule has 4 rings (SSSR count). The normalized spacial score (nSPS) is 20.6. The number of nitrogens with zero attached hydrogens (tertiary/aromatic N) is 2. The van der Waals surface area contributed by atoms with Gasteiger partial charge >= 0.3 is 6.18 Å². The van der Waals surface area contributed by atoms with Gasteiger partial charge < -0.3 is 14.6 Å². The topological polar surface area (TPSA) is 65.8 Å². The molecular formula is C28H36F3N3O3. The standard InChI is InChI=1S/C28H36F3N3O3/c1-4-5-13-34-25(35)23(16-19(2)3)32-26(36)27(34)11-14-33(15-12-27)18-22-9-10-24(37-22)20-7-6-8-21(17-20)28(29,30)31/h6-10,17,19,23H,4-5,11-16,18H2,1-3H3,(H,32,36). The lowest BCUT2D eigenvalue weighted by atomic mass is 9.80. The molecule has 0 radical (unpaired) electrons. The van der Waals surface area contributed by atoms with Gasteiger partial charge in [-0.2, -0.15) is 13.2 Å². The molecule has 9 heteroatoms. The van der Waals surface area contributed by atoms with Crippen LogP contribution in [0, 0.1) is 5.92 Å². The van der Waals surface area contributed by atoms with Crippen molar-refractivity contribution in [3.63, 3.8) is 0 Å². The van der Waals surface area contributed by atoms with E-state index in [9.17, 15) is 22.8 Å². The van der Waals surface area contributed by atoms with Gasteiger partial charge in [-0.25, -0.2) is 0 Å². The third-order valence-electron chi connectivity index (χ3n) is 7.45. The summed E-state index contributed by atoms with van der Waals surface area (Å²) in [7, 11) is 0. The fourth-order valence-electron chi connectivity index (χ4n) is 5.41. The van der Waals surface area contributed by atoms with Crippen molar-refractivity contribution in [3.05, 3.63) is 47.7 Å². The maximum absolute atomic E-state index is 13.4. The SMILES string of the molecule is CCCCN1C(=O)C(CC(C)C)NC(=O)C12CCN(Cc1ccc(-c3cccc(C(F)(F)F)c3)o1)CC2. The van der Waals surface area contributed by atoms with Crippen LogP contribution >= 0.6 is 0 Å². The van der Waals surface area contributed by atoms with Gasteiger partial charge in [0.25, 0.3) is 0 Å². The average molecular weight is 520 g/mol. The van der Waals surface area contributed by atoms with Gasteiger partial charge in [-0.15, -0.1) is 0 Å². The minimum Gasteiger partial charge on any atom is -0.460 e. The summed E-state index contributed by atoms with van der Waals surface area (Å²) in [6, 6.07) is 8.09. The Morgan fingerprint density at radius 1 is 1.14 bits per heavy atom. The number of likely N-dealkylation sites (tertiary alicyclic amines) is 1. The quantitative estimate of drug-likeness (QED) is 0.502. The molecule has 2 aliphatic rings. The van der Waals surface area contributed by atoms with Gasteiger partial charge in [0.05, 0.1) is 12.1 Å². The molecule has 1 aromatic carbocycles. The van der Waals surface area contributed by atoms with Crippen LogP contribution in [0.5, 0.6) is 0 Å².